The van der Waals surface area contributed by atoms with E-state index in [0.717, 1.165) is 5.56 Å². The van der Waals surface area contributed by atoms with Gasteiger partial charge in [0, 0.05) is 0 Å². The lowest BCUT2D eigenvalue weighted by Crippen LogP contribution is -2.23. The number of amides is 2. The van der Waals surface area contributed by atoms with Gasteiger partial charge in [0.05, 0.1) is 19.2 Å². The van der Waals surface area contributed by atoms with Gasteiger partial charge < -0.3 is 10.1 Å². The molecule has 2 N–H and O–H groups in total. The van der Waals surface area contributed by atoms with Gasteiger partial charge in [-0.3, -0.25) is 14.9 Å². The maximum Gasteiger partial charge on any atom is 0.252 e. The molecule has 0 spiro atoms. The first-order valence-electron chi connectivity index (χ1n) is 6.73. The highest BCUT2D eigenvalue weighted by molar-refractivity contribution is 6.01. The molecule has 2 amide bonds. The number of benzene rings is 1. The zero-order valence-electron chi connectivity index (χ0n) is 12.2. The van der Waals surface area contributed by atoms with Crippen molar-refractivity contribution in [2.24, 2.45) is 0 Å². The standard InChI is InChI=1S/C14H15N5O3/c1-8-3-4-11(22-2)9(5-8)17-12(20)6-10-13(21)18-14-15-7-16-19(10)14/h3-5,7,10H,6H2,1-2H3,(H,17,20)(H,15,16,18,21). The summed E-state index contributed by atoms with van der Waals surface area (Å²) in [5.41, 5.74) is 1.57. The van der Waals surface area contributed by atoms with Gasteiger partial charge in [-0.2, -0.15) is 10.1 Å². The molecule has 0 aliphatic carbocycles. The molecule has 1 unspecified atom stereocenters. The van der Waals surface area contributed by atoms with E-state index in [1.165, 1.54) is 18.1 Å². The molecule has 1 aliphatic heterocycles. The molecule has 0 fully saturated rings. The van der Waals surface area contributed by atoms with Gasteiger partial charge in [-0.25, -0.2) is 4.68 Å². The number of aryl methyl sites for hydroxylation is 1. The predicted molar refractivity (Wildman–Crippen MR) is 78.7 cm³/mol. The molecule has 0 saturated heterocycles. The van der Waals surface area contributed by atoms with Crippen molar-refractivity contribution in [2.45, 2.75) is 19.4 Å². The Bertz CT molecular complexity index is 740. The fraction of sp³-hybridized carbons (Fsp3) is 0.286. The number of anilines is 2. The van der Waals surface area contributed by atoms with Crippen LogP contribution in [0.5, 0.6) is 5.75 Å². The van der Waals surface area contributed by atoms with Crippen LogP contribution in [0.3, 0.4) is 0 Å². The fourth-order valence-electron chi connectivity index (χ4n) is 2.35. The highest BCUT2D eigenvalue weighted by atomic mass is 16.5. The number of carbonyl (C=O) groups is 2. The average molecular weight is 301 g/mol. The zero-order chi connectivity index (χ0) is 15.7. The number of nitrogens with one attached hydrogen (secondary N) is 2. The first-order valence-corrected chi connectivity index (χ1v) is 6.73. The minimum atomic E-state index is -0.687. The summed E-state index contributed by atoms with van der Waals surface area (Å²) in [7, 11) is 1.53. The predicted octanol–water partition coefficient (Wildman–Crippen LogP) is 1.12. The van der Waals surface area contributed by atoms with Crippen molar-refractivity contribution in [3.63, 3.8) is 0 Å². The number of ether oxygens (including phenoxy) is 1. The van der Waals surface area contributed by atoms with Crippen LogP contribution in [0.25, 0.3) is 0 Å². The largest absolute Gasteiger partial charge is 0.495 e. The smallest absolute Gasteiger partial charge is 0.252 e. The van der Waals surface area contributed by atoms with Crippen molar-refractivity contribution in [1.82, 2.24) is 14.8 Å². The molecule has 22 heavy (non-hydrogen) atoms. The summed E-state index contributed by atoms with van der Waals surface area (Å²) in [5.74, 6) is 0.335. The maximum atomic E-state index is 12.2. The lowest BCUT2D eigenvalue weighted by molar-refractivity contribution is -0.123. The number of hydrogen-bond acceptors (Lipinski definition) is 5. The number of methoxy groups -OCH3 is 1. The van der Waals surface area contributed by atoms with E-state index in [-0.39, 0.29) is 18.2 Å². The number of rotatable bonds is 4. The second kappa shape index (κ2) is 5.47. The Morgan fingerprint density at radius 2 is 2.32 bits per heavy atom. The number of fused-ring (bicyclic) bond motifs is 1. The molecule has 0 radical (unpaired) electrons. The van der Waals surface area contributed by atoms with E-state index in [9.17, 15) is 9.59 Å². The third-order valence-electron chi connectivity index (χ3n) is 3.41. The van der Waals surface area contributed by atoms with Gasteiger partial charge in [0.15, 0.2) is 0 Å². The second-order valence-corrected chi connectivity index (χ2v) is 4.99. The van der Waals surface area contributed by atoms with Gasteiger partial charge in [-0.15, -0.1) is 0 Å². The van der Waals surface area contributed by atoms with Gasteiger partial charge in [-0.1, -0.05) is 6.07 Å². The van der Waals surface area contributed by atoms with Gasteiger partial charge in [0.25, 0.3) is 5.91 Å². The van der Waals surface area contributed by atoms with Crippen molar-refractivity contribution in [1.29, 1.82) is 0 Å². The van der Waals surface area contributed by atoms with Crippen LogP contribution in [-0.2, 0) is 9.59 Å². The molecule has 1 aromatic heterocycles. The van der Waals surface area contributed by atoms with E-state index >= 15 is 0 Å². The van der Waals surface area contributed by atoms with Crippen LogP contribution < -0.4 is 15.4 Å². The minimum Gasteiger partial charge on any atom is -0.495 e. The highest BCUT2D eigenvalue weighted by Gasteiger charge is 2.33. The van der Waals surface area contributed by atoms with Crippen LogP contribution >= 0.6 is 0 Å². The van der Waals surface area contributed by atoms with Crippen LogP contribution in [0.1, 0.15) is 18.0 Å². The van der Waals surface area contributed by atoms with E-state index in [2.05, 4.69) is 20.7 Å². The summed E-state index contributed by atoms with van der Waals surface area (Å²) in [6, 6.07) is 4.80. The average Bonchev–Trinajstić information content (AvgIpc) is 3.02. The normalized spacial score (nSPS) is 16.1. The molecule has 2 heterocycles. The van der Waals surface area contributed by atoms with Gasteiger partial charge in [0.1, 0.15) is 18.1 Å². The Morgan fingerprint density at radius 3 is 3.09 bits per heavy atom. The Morgan fingerprint density at radius 1 is 1.50 bits per heavy atom. The molecule has 8 nitrogen and oxygen atoms in total. The zero-order valence-corrected chi connectivity index (χ0v) is 12.2. The first-order chi connectivity index (χ1) is 10.6. The molecule has 1 atom stereocenters. The Hall–Kier alpha value is -2.90. The number of hydrogen-bond donors (Lipinski definition) is 2. The quantitative estimate of drug-likeness (QED) is 0.881. The molecule has 3 rings (SSSR count). The first kappa shape index (κ1) is 14.1. The molecule has 0 bridgehead atoms. The van der Waals surface area contributed by atoms with E-state index < -0.39 is 6.04 Å². The van der Waals surface area contributed by atoms with Crippen LogP contribution in [0.4, 0.5) is 11.6 Å². The summed E-state index contributed by atoms with van der Waals surface area (Å²) >= 11 is 0. The summed E-state index contributed by atoms with van der Waals surface area (Å²) in [5, 5.41) is 9.30. The van der Waals surface area contributed by atoms with Gasteiger partial charge in [0.2, 0.25) is 11.9 Å². The third kappa shape index (κ3) is 2.50. The molecule has 8 heteroatoms. The van der Waals surface area contributed by atoms with E-state index in [1.54, 1.807) is 6.07 Å². The van der Waals surface area contributed by atoms with Gasteiger partial charge >= 0.3 is 0 Å². The SMILES string of the molecule is COc1ccc(C)cc1NC(=O)CC1C(=O)Nc2ncnn21. The third-order valence-corrected chi connectivity index (χ3v) is 3.41. The lowest BCUT2D eigenvalue weighted by atomic mass is 10.1. The topological polar surface area (TPSA) is 98.1 Å². The molecule has 2 aromatic rings. The molecule has 114 valence electrons. The lowest BCUT2D eigenvalue weighted by Gasteiger charge is -2.12. The van der Waals surface area contributed by atoms with Crippen molar-refractivity contribution in [3.05, 3.63) is 30.1 Å². The van der Waals surface area contributed by atoms with E-state index in [4.69, 9.17) is 4.74 Å². The molecule has 1 aromatic carbocycles. The van der Waals surface area contributed by atoms with Crippen molar-refractivity contribution >= 4 is 23.5 Å². The Labute approximate surface area is 126 Å². The fourth-order valence-corrected chi connectivity index (χ4v) is 2.35. The minimum absolute atomic E-state index is 0.0285. The Balaban J connectivity index is 1.74. The van der Waals surface area contributed by atoms with E-state index in [0.29, 0.717) is 17.4 Å². The highest BCUT2D eigenvalue weighted by Crippen LogP contribution is 2.27. The monoisotopic (exact) mass is 301 g/mol. The number of aromatic nitrogens is 3. The summed E-state index contributed by atoms with van der Waals surface area (Å²) in [6.07, 6.45) is 1.31. The molecular formula is C14H15N5O3. The van der Waals surface area contributed by atoms with Crippen LogP contribution in [0.2, 0.25) is 0 Å². The van der Waals surface area contributed by atoms with Crippen molar-refractivity contribution < 1.29 is 14.3 Å². The maximum absolute atomic E-state index is 12.2. The van der Waals surface area contributed by atoms with E-state index in [1.807, 2.05) is 19.1 Å². The summed E-state index contributed by atoms with van der Waals surface area (Å²) < 4.78 is 6.63. The van der Waals surface area contributed by atoms with Crippen molar-refractivity contribution in [2.75, 3.05) is 17.7 Å². The van der Waals surface area contributed by atoms with Crippen LogP contribution in [0, 0.1) is 6.92 Å². The van der Waals surface area contributed by atoms with Gasteiger partial charge in [-0.05, 0) is 24.6 Å². The summed E-state index contributed by atoms with van der Waals surface area (Å²) in [6.45, 7) is 1.92. The van der Waals surface area contributed by atoms with Crippen LogP contribution in [-0.4, -0.2) is 33.7 Å². The van der Waals surface area contributed by atoms with Crippen molar-refractivity contribution in [3.8, 4) is 5.75 Å². The summed E-state index contributed by atoms with van der Waals surface area (Å²) in [4.78, 5) is 28.0. The number of carbonyl (C=O) groups excluding carboxylic acids is 2. The van der Waals surface area contributed by atoms with Crippen LogP contribution in [0.15, 0.2) is 24.5 Å². The molecule has 1 aliphatic rings. The Kier molecular flexibility index (Phi) is 3.50. The molecule has 0 saturated carbocycles. The number of nitrogens with zero attached hydrogens (tertiary/aromatic N) is 3. The second-order valence-electron chi connectivity index (χ2n) is 4.99. The molecular weight excluding hydrogens is 286 g/mol.